The number of ether oxygens (including phenoxy) is 4. The average Bonchev–Trinajstić information content (AvgIpc) is 3.37. The summed E-state index contributed by atoms with van der Waals surface area (Å²) in [5.74, 6) is 2.74. The van der Waals surface area contributed by atoms with Gasteiger partial charge in [0.05, 0.1) is 28.4 Å². The lowest BCUT2D eigenvalue weighted by Gasteiger charge is -2.10. The molecule has 0 fully saturated rings. The molecular formula is C27H29N5O5. The second-order valence-electron chi connectivity index (χ2n) is 7.95. The lowest BCUT2D eigenvalue weighted by atomic mass is 10.2. The molecule has 0 bridgehead atoms. The van der Waals surface area contributed by atoms with Crippen molar-refractivity contribution in [2.45, 2.75) is 13.1 Å². The van der Waals surface area contributed by atoms with Crippen molar-refractivity contribution in [1.29, 1.82) is 0 Å². The molecule has 0 unspecified atom stereocenters. The number of aromatic nitrogens is 3. The highest BCUT2D eigenvalue weighted by molar-refractivity contribution is 5.97. The van der Waals surface area contributed by atoms with Gasteiger partial charge in [0.1, 0.15) is 11.5 Å². The summed E-state index contributed by atoms with van der Waals surface area (Å²) in [5.41, 5.74) is 2.37. The molecule has 0 saturated carbocycles. The van der Waals surface area contributed by atoms with E-state index < -0.39 is 0 Å². The standard InChI is InChI=1S/C27H29N5O5/c1-34-21-10-5-18(6-11-21)16-28-26-30-27(29-17-19-7-12-22(35-2)13-8-19)32(31-26)25(33)20-9-14-23(36-3)24(15-20)37-4/h5-15H,16-17H2,1-4H3,(H2,28,29,30,31). The van der Waals surface area contributed by atoms with Crippen LogP contribution in [0.1, 0.15) is 21.5 Å². The highest BCUT2D eigenvalue weighted by Gasteiger charge is 2.20. The molecular weight excluding hydrogens is 474 g/mol. The monoisotopic (exact) mass is 503 g/mol. The van der Waals surface area contributed by atoms with Gasteiger partial charge in [-0.15, -0.1) is 5.10 Å². The van der Waals surface area contributed by atoms with Gasteiger partial charge in [0.15, 0.2) is 11.5 Å². The fourth-order valence-electron chi connectivity index (χ4n) is 3.58. The number of carbonyl (C=O) groups excluding carboxylic acids is 1. The minimum atomic E-state index is -0.372. The number of anilines is 2. The van der Waals surface area contributed by atoms with E-state index in [-0.39, 0.29) is 5.91 Å². The van der Waals surface area contributed by atoms with E-state index in [4.69, 9.17) is 18.9 Å². The fourth-order valence-corrected chi connectivity index (χ4v) is 3.58. The third-order valence-corrected chi connectivity index (χ3v) is 5.65. The molecule has 0 radical (unpaired) electrons. The Balaban J connectivity index is 1.58. The third kappa shape index (κ3) is 6.10. The molecule has 0 aliphatic rings. The van der Waals surface area contributed by atoms with Crippen LogP contribution in [-0.2, 0) is 13.1 Å². The molecule has 0 aliphatic carbocycles. The topological polar surface area (TPSA) is 109 Å². The van der Waals surface area contributed by atoms with Crippen LogP contribution in [0.4, 0.5) is 11.9 Å². The number of hydrogen-bond donors (Lipinski definition) is 2. The van der Waals surface area contributed by atoms with Gasteiger partial charge in [-0.05, 0) is 53.6 Å². The molecule has 0 saturated heterocycles. The van der Waals surface area contributed by atoms with E-state index in [0.29, 0.717) is 42.0 Å². The maximum atomic E-state index is 13.5. The summed E-state index contributed by atoms with van der Waals surface area (Å²) in [6, 6.07) is 20.2. The molecule has 4 rings (SSSR count). The molecule has 10 heteroatoms. The number of nitrogens with zero attached hydrogens (tertiary/aromatic N) is 3. The van der Waals surface area contributed by atoms with Gasteiger partial charge in [0.25, 0.3) is 5.91 Å². The Kier molecular flexibility index (Phi) is 8.09. The molecule has 1 heterocycles. The average molecular weight is 504 g/mol. The first-order chi connectivity index (χ1) is 18.0. The van der Waals surface area contributed by atoms with Gasteiger partial charge >= 0.3 is 0 Å². The summed E-state index contributed by atoms with van der Waals surface area (Å²) in [6.07, 6.45) is 0. The Morgan fingerprint density at radius 2 is 1.30 bits per heavy atom. The Morgan fingerprint density at radius 1 is 0.730 bits per heavy atom. The van der Waals surface area contributed by atoms with E-state index in [1.54, 1.807) is 39.5 Å². The van der Waals surface area contributed by atoms with Gasteiger partial charge in [-0.2, -0.15) is 9.67 Å². The van der Waals surface area contributed by atoms with Gasteiger partial charge in [-0.3, -0.25) is 4.79 Å². The number of hydrogen-bond acceptors (Lipinski definition) is 9. The van der Waals surface area contributed by atoms with Gasteiger partial charge in [0, 0.05) is 18.7 Å². The highest BCUT2D eigenvalue weighted by Crippen LogP contribution is 2.28. The summed E-state index contributed by atoms with van der Waals surface area (Å²) < 4.78 is 22.3. The highest BCUT2D eigenvalue weighted by atomic mass is 16.5. The summed E-state index contributed by atoms with van der Waals surface area (Å²) in [6.45, 7) is 0.899. The summed E-state index contributed by atoms with van der Waals surface area (Å²) >= 11 is 0. The smallest absolute Gasteiger partial charge is 0.281 e. The first-order valence-electron chi connectivity index (χ1n) is 11.5. The van der Waals surface area contributed by atoms with Crippen LogP contribution in [0.15, 0.2) is 66.7 Å². The van der Waals surface area contributed by atoms with Gasteiger partial charge in [0.2, 0.25) is 11.9 Å². The van der Waals surface area contributed by atoms with Crippen molar-refractivity contribution in [2.75, 3.05) is 39.1 Å². The van der Waals surface area contributed by atoms with Crippen LogP contribution >= 0.6 is 0 Å². The van der Waals surface area contributed by atoms with E-state index in [2.05, 4.69) is 20.7 Å². The van der Waals surface area contributed by atoms with Crippen LogP contribution in [0.3, 0.4) is 0 Å². The van der Waals surface area contributed by atoms with Crippen molar-refractivity contribution >= 4 is 17.8 Å². The number of benzene rings is 3. The lowest BCUT2D eigenvalue weighted by molar-refractivity contribution is 0.0947. The lowest BCUT2D eigenvalue weighted by Crippen LogP contribution is -2.18. The molecule has 1 aromatic heterocycles. The Morgan fingerprint density at radius 3 is 1.84 bits per heavy atom. The molecule has 0 spiro atoms. The van der Waals surface area contributed by atoms with E-state index >= 15 is 0 Å². The summed E-state index contributed by atoms with van der Waals surface area (Å²) in [5, 5.41) is 10.8. The summed E-state index contributed by atoms with van der Waals surface area (Å²) in [7, 11) is 6.30. The minimum absolute atomic E-state index is 0.299. The molecule has 37 heavy (non-hydrogen) atoms. The number of rotatable bonds is 11. The molecule has 0 aliphatic heterocycles. The van der Waals surface area contributed by atoms with Crippen LogP contribution in [-0.4, -0.2) is 49.1 Å². The zero-order chi connectivity index (χ0) is 26.2. The molecule has 0 atom stereocenters. The number of methoxy groups -OCH3 is 4. The zero-order valence-corrected chi connectivity index (χ0v) is 21.1. The van der Waals surface area contributed by atoms with Crippen molar-refractivity contribution in [1.82, 2.24) is 14.8 Å². The van der Waals surface area contributed by atoms with Crippen molar-refractivity contribution in [3.63, 3.8) is 0 Å². The first-order valence-corrected chi connectivity index (χ1v) is 11.5. The first kappa shape index (κ1) is 25.4. The Bertz CT molecular complexity index is 1340. The largest absolute Gasteiger partial charge is 0.497 e. The van der Waals surface area contributed by atoms with E-state index in [0.717, 1.165) is 22.6 Å². The summed E-state index contributed by atoms with van der Waals surface area (Å²) in [4.78, 5) is 18.0. The van der Waals surface area contributed by atoms with Crippen molar-refractivity contribution in [2.24, 2.45) is 0 Å². The molecule has 10 nitrogen and oxygen atoms in total. The number of carbonyl (C=O) groups is 1. The Labute approximate surface area is 215 Å². The number of nitrogens with one attached hydrogen (secondary N) is 2. The maximum Gasteiger partial charge on any atom is 0.281 e. The van der Waals surface area contributed by atoms with Crippen molar-refractivity contribution in [3.05, 3.63) is 83.4 Å². The predicted molar refractivity (Wildman–Crippen MR) is 140 cm³/mol. The molecule has 2 N–H and O–H groups in total. The van der Waals surface area contributed by atoms with E-state index in [1.165, 1.54) is 11.8 Å². The second-order valence-corrected chi connectivity index (χ2v) is 7.95. The molecule has 3 aromatic carbocycles. The quantitative estimate of drug-likeness (QED) is 0.311. The van der Waals surface area contributed by atoms with Crippen LogP contribution in [0, 0.1) is 0 Å². The SMILES string of the molecule is COc1ccc(CNc2nc(NCc3ccc(OC)cc3)n(C(=O)c3ccc(OC)c(OC)c3)n2)cc1. The maximum absolute atomic E-state index is 13.5. The molecule has 4 aromatic rings. The molecule has 192 valence electrons. The fraction of sp³-hybridized carbons (Fsp3) is 0.222. The normalized spacial score (nSPS) is 10.5. The molecule has 0 amide bonds. The minimum Gasteiger partial charge on any atom is -0.497 e. The van der Waals surface area contributed by atoms with E-state index in [1.807, 2.05) is 48.5 Å². The van der Waals surface area contributed by atoms with Gasteiger partial charge in [-0.25, -0.2) is 0 Å². The van der Waals surface area contributed by atoms with Crippen LogP contribution in [0.25, 0.3) is 0 Å². The van der Waals surface area contributed by atoms with Crippen molar-refractivity contribution in [3.8, 4) is 23.0 Å². The van der Waals surface area contributed by atoms with Crippen LogP contribution < -0.4 is 29.6 Å². The second kappa shape index (κ2) is 11.8. The van der Waals surface area contributed by atoms with Crippen LogP contribution in [0.5, 0.6) is 23.0 Å². The third-order valence-electron chi connectivity index (χ3n) is 5.65. The zero-order valence-electron chi connectivity index (χ0n) is 21.1. The van der Waals surface area contributed by atoms with E-state index in [9.17, 15) is 4.79 Å². The van der Waals surface area contributed by atoms with Crippen LogP contribution in [0.2, 0.25) is 0 Å². The van der Waals surface area contributed by atoms with Gasteiger partial charge < -0.3 is 29.6 Å². The Hall–Kier alpha value is -4.73. The van der Waals surface area contributed by atoms with Gasteiger partial charge in [-0.1, -0.05) is 24.3 Å². The predicted octanol–water partition coefficient (Wildman–Crippen LogP) is 4.23. The van der Waals surface area contributed by atoms with Crippen molar-refractivity contribution < 1.29 is 23.7 Å².